The normalized spacial score (nSPS) is 17.7. The zero-order valence-electron chi connectivity index (χ0n) is 11.5. The number of hydrogen-bond acceptors (Lipinski definition) is 3. The number of nitrogen functional groups attached to an aromatic ring is 1. The first-order valence-electron chi connectivity index (χ1n) is 7.00. The SMILES string of the molecule is Nc1ccc(Cl)cc1C(=O)NCC1(CO)CCCCC1. The molecule has 1 aliphatic rings. The first-order valence-corrected chi connectivity index (χ1v) is 7.38. The Hall–Kier alpha value is -1.26. The van der Waals surface area contributed by atoms with Gasteiger partial charge >= 0.3 is 0 Å². The fraction of sp³-hybridized carbons (Fsp3) is 0.533. The number of halogens is 1. The topological polar surface area (TPSA) is 75.4 Å². The Morgan fingerprint density at radius 2 is 2.05 bits per heavy atom. The van der Waals surface area contributed by atoms with Gasteiger partial charge < -0.3 is 16.2 Å². The van der Waals surface area contributed by atoms with Crippen molar-refractivity contribution in [3.05, 3.63) is 28.8 Å². The highest BCUT2D eigenvalue weighted by atomic mass is 35.5. The van der Waals surface area contributed by atoms with Crippen molar-refractivity contribution in [2.24, 2.45) is 5.41 Å². The quantitative estimate of drug-likeness (QED) is 0.748. The van der Waals surface area contributed by atoms with Crippen LogP contribution in [0.25, 0.3) is 0 Å². The maximum absolute atomic E-state index is 12.2. The van der Waals surface area contributed by atoms with Gasteiger partial charge in [0.1, 0.15) is 0 Å². The van der Waals surface area contributed by atoms with Crippen LogP contribution in [0.1, 0.15) is 42.5 Å². The molecule has 0 unspecified atom stereocenters. The standard InChI is InChI=1S/C15H21ClN2O2/c16-11-4-5-13(17)12(8-11)14(20)18-9-15(10-19)6-2-1-3-7-15/h4-5,8,19H,1-3,6-7,9-10,17H2,(H,18,20). The van der Waals surface area contributed by atoms with Crippen LogP contribution in [0, 0.1) is 5.41 Å². The molecule has 0 saturated heterocycles. The molecule has 0 bridgehead atoms. The minimum Gasteiger partial charge on any atom is -0.398 e. The molecule has 1 saturated carbocycles. The van der Waals surface area contributed by atoms with Crippen LogP contribution in [-0.4, -0.2) is 24.2 Å². The van der Waals surface area contributed by atoms with E-state index in [2.05, 4.69) is 5.32 Å². The molecule has 4 N–H and O–H groups in total. The van der Waals surface area contributed by atoms with E-state index >= 15 is 0 Å². The number of amides is 1. The lowest BCUT2D eigenvalue weighted by molar-refractivity contribution is 0.0718. The van der Waals surface area contributed by atoms with E-state index in [0.717, 1.165) is 25.7 Å². The number of aliphatic hydroxyl groups is 1. The van der Waals surface area contributed by atoms with Gasteiger partial charge in [0, 0.05) is 22.7 Å². The van der Waals surface area contributed by atoms with Gasteiger partial charge in [-0.2, -0.15) is 0 Å². The molecule has 110 valence electrons. The maximum Gasteiger partial charge on any atom is 0.253 e. The third-order valence-corrected chi connectivity index (χ3v) is 4.37. The molecule has 2 rings (SSSR count). The molecule has 4 nitrogen and oxygen atoms in total. The highest BCUT2D eigenvalue weighted by Crippen LogP contribution is 2.35. The lowest BCUT2D eigenvalue weighted by Crippen LogP contribution is -2.41. The molecule has 0 heterocycles. The van der Waals surface area contributed by atoms with E-state index in [1.165, 1.54) is 6.42 Å². The van der Waals surface area contributed by atoms with Gasteiger partial charge in [0.25, 0.3) is 5.91 Å². The van der Waals surface area contributed by atoms with Gasteiger partial charge in [-0.15, -0.1) is 0 Å². The predicted molar refractivity (Wildman–Crippen MR) is 80.8 cm³/mol. The van der Waals surface area contributed by atoms with Gasteiger partial charge in [-0.25, -0.2) is 0 Å². The number of hydrogen-bond donors (Lipinski definition) is 3. The van der Waals surface area contributed by atoms with Crippen LogP contribution in [0.2, 0.25) is 5.02 Å². The minimum atomic E-state index is -0.233. The summed E-state index contributed by atoms with van der Waals surface area (Å²) in [6, 6.07) is 4.85. The summed E-state index contributed by atoms with van der Waals surface area (Å²) in [5.74, 6) is -0.233. The molecule has 1 amide bonds. The van der Waals surface area contributed by atoms with E-state index < -0.39 is 0 Å². The Balaban J connectivity index is 2.02. The molecule has 0 spiro atoms. The summed E-state index contributed by atoms with van der Waals surface area (Å²) in [7, 11) is 0. The Morgan fingerprint density at radius 3 is 2.70 bits per heavy atom. The monoisotopic (exact) mass is 296 g/mol. The number of carbonyl (C=O) groups excluding carboxylic acids is 1. The average molecular weight is 297 g/mol. The summed E-state index contributed by atoms with van der Waals surface area (Å²) in [6.45, 7) is 0.590. The lowest BCUT2D eigenvalue weighted by Gasteiger charge is -2.35. The first kappa shape index (κ1) is 15.1. The lowest BCUT2D eigenvalue weighted by atomic mass is 9.74. The first-order chi connectivity index (χ1) is 9.56. The van der Waals surface area contributed by atoms with E-state index in [4.69, 9.17) is 17.3 Å². The Morgan fingerprint density at radius 1 is 1.35 bits per heavy atom. The molecule has 0 aromatic heterocycles. The molecule has 1 aromatic rings. The zero-order chi connectivity index (χ0) is 14.6. The zero-order valence-corrected chi connectivity index (χ0v) is 12.2. The summed E-state index contributed by atoms with van der Waals surface area (Å²) in [5.41, 5.74) is 6.42. The summed E-state index contributed by atoms with van der Waals surface area (Å²) in [4.78, 5) is 12.2. The molecule has 20 heavy (non-hydrogen) atoms. The number of carbonyl (C=O) groups is 1. The van der Waals surface area contributed by atoms with Crippen molar-refractivity contribution in [2.45, 2.75) is 32.1 Å². The number of aliphatic hydroxyl groups excluding tert-OH is 1. The number of nitrogens with two attached hydrogens (primary N) is 1. The minimum absolute atomic E-state index is 0.109. The van der Waals surface area contributed by atoms with Crippen LogP contribution in [0.4, 0.5) is 5.69 Å². The summed E-state index contributed by atoms with van der Waals surface area (Å²) >= 11 is 5.89. The largest absolute Gasteiger partial charge is 0.398 e. The highest BCUT2D eigenvalue weighted by molar-refractivity contribution is 6.31. The number of anilines is 1. The Labute approximate surface area is 124 Å². The van der Waals surface area contributed by atoms with Crippen molar-refractivity contribution in [1.29, 1.82) is 0 Å². The van der Waals surface area contributed by atoms with Crippen molar-refractivity contribution in [3.8, 4) is 0 Å². The van der Waals surface area contributed by atoms with E-state index in [-0.39, 0.29) is 17.9 Å². The predicted octanol–water partition coefficient (Wildman–Crippen LogP) is 2.59. The highest BCUT2D eigenvalue weighted by Gasteiger charge is 2.31. The van der Waals surface area contributed by atoms with Crippen LogP contribution in [0.15, 0.2) is 18.2 Å². The van der Waals surface area contributed by atoms with Crippen LogP contribution in [0.5, 0.6) is 0 Å². The van der Waals surface area contributed by atoms with Crippen LogP contribution in [-0.2, 0) is 0 Å². The average Bonchev–Trinajstić information content (AvgIpc) is 2.48. The van der Waals surface area contributed by atoms with Crippen LogP contribution >= 0.6 is 11.6 Å². The third-order valence-electron chi connectivity index (χ3n) is 4.13. The summed E-state index contributed by atoms with van der Waals surface area (Å²) < 4.78 is 0. The van der Waals surface area contributed by atoms with E-state index in [9.17, 15) is 9.90 Å². The molecular weight excluding hydrogens is 276 g/mol. The molecule has 1 aliphatic carbocycles. The van der Waals surface area contributed by atoms with Crippen molar-refractivity contribution in [3.63, 3.8) is 0 Å². The van der Waals surface area contributed by atoms with Gasteiger partial charge in [0.05, 0.1) is 12.2 Å². The second kappa shape index (κ2) is 6.46. The van der Waals surface area contributed by atoms with Crippen molar-refractivity contribution < 1.29 is 9.90 Å². The smallest absolute Gasteiger partial charge is 0.253 e. The molecule has 0 atom stereocenters. The van der Waals surface area contributed by atoms with Gasteiger partial charge in [0.15, 0.2) is 0 Å². The molecule has 0 aliphatic heterocycles. The molecule has 1 fully saturated rings. The van der Waals surface area contributed by atoms with Crippen molar-refractivity contribution >= 4 is 23.2 Å². The fourth-order valence-corrected chi connectivity index (χ4v) is 2.95. The van der Waals surface area contributed by atoms with Gasteiger partial charge in [-0.05, 0) is 31.0 Å². The number of benzene rings is 1. The molecular formula is C15H21ClN2O2. The van der Waals surface area contributed by atoms with Crippen LogP contribution in [0.3, 0.4) is 0 Å². The molecule has 0 radical (unpaired) electrons. The Kier molecular flexibility index (Phi) is 4.89. The third kappa shape index (κ3) is 3.44. The fourth-order valence-electron chi connectivity index (χ4n) is 2.78. The van der Waals surface area contributed by atoms with Gasteiger partial charge in [0.2, 0.25) is 0 Å². The van der Waals surface area contributed by atoms with Crippen molar-refractivity contribution in [2.75, 3.05) is 18.9 Å². The second-order valence-electron chi connectivity index (χ2n) is 5.63. The van der Waals surface area contributed by atoms with Gasteiger partial charge in [-0.1, -0.05) is 30.9 Å². The van der Waals surface area contributed by atoms with E-state index in [0.29, 0.717) is 22.8 Å². The second-order valence-corrected chi connectivity index (χ2v) is 6.07. The number of nitrogens with one attached hydrogen (secondary N) is 1. The molecule has 5 heteroatoms. The summed E-state index contributed by atoms with van der Waals surface area (Å²) in [5, 5.41) is 13.0. The molecule has 1 aromatic carbocycles. The van der Waals surface area contributed by atoms with Crippen molar-refractivity contribution in [1.82, 2.24) is 5.32 Å². The van der Waals surface area contributed by atoms with Crippen LogP contribution < -0.4 is 11.1 Å². The Bertz CT molecular complexity index is 485. The van der Waals surface area contributed by atoms with E-state index in [1.807, 2.05) is 0 Å². The summed E-state index contributed by atoms with van der Waals surface area (Å²) in [6.07, 6.45) is 5.33. The van der Waals surface area contributed by atoms with E-state index in [1.54, 1.807) is 18.2 Å². The van der Waals surface area contributed by atoms with Gasteiger partial charge in [-0.3, -0.25) is 4.79 Å². The number of rotatable bonds is 4. The maximum atomic E-state index is 12.2.